The average Bonchev–Trinajstić information content (AvgIpc) is 2.25. The van der Waals surface area contributed by atoms with Gasteiger partial charge in [0.05, 0.1) is 14.2 Å². The van der Waals surface area contributed by atoms with E-state index in [2.05, 4.69) is 5.32 Å². The second-order valence-corrected chi connectivity index (χ2v) is 2.90. The van der Waals surface area contributed by atoms with Crippen molar-refractivity contribution in [3.63, 3.8) is 0 Å². The standard InChI is InChI=1S/C10H14N2O3/c1-14-8-3-4-9(15-2)7(5-8)6-12-10(11)13/h3-5H,6H2,1-2H3,(H3,11,12,13). The van der Waals surface area contributed by atoms with Crippen molar-refractivity contribution in [2.75, 3.05) is 14.2 Å². The molecule has 1 aromatic rings. The lowest BCUT2D eigenvalue weighted by atomic mass is 10.2. The minimum Gasteiger partial charge on any atom is -0.497 e. The lowest BCUT2D eigenvalue weighted by Gasteiger charge is -2.10. The minimum absolute atomic E-state index is 0.315. The summed E-state index contributed by atoms with van der Waals surface area (Å²) in [5.41, 5.74) is 5.80. The fourth-order valence-electron chi connectivity index (χ4n) is 1.20. The normalized spacial score (nSPS) is 9.47. The predicted octanol–water partition coefficient (Wildman–Crippen LogP) is 0.872. The third-order valence-electron chi connectivity index (χ3n) is 1.94. The van der Waals surface area contributed by atoms with Crippen LogP contribution in [-0.2, 0) is 6.54 Å². The van der Waals surface area contributed by atoms with Crippen molar-refractivity contribution in [1.82, 2.24) is 5.32 Å². The Morgan fingerprint density at radius 3 is 2.67 bits per heavy atom. The minimum atomic E-state index is -0.570. The molecule has 0 saturated carbocycles. The van der Waals surface area contributed by atoms with Crippen molar-refractivity contribution < 1.29 is 14.3 Å². The molecule has 0 aliphatic carbocycles. The van der Waals surface area contributed by atoms with Crippen LogP contribution in [-0.4, -0.2) is 20.3 Å². The number of amides is 2. The first-order valence-corrected chi connectivity index (χ1v) is 4.41. The van der Waals surface area contributed by atoms with Gasteiger partial charge in [0.25, 0.3) is 0 Å². The summed E-state index contributed by atoms with van der Waals surface area (Å²) in [6.07, 6.45) is 0. The SMILES string of the molecule is COc1ccc(OC)c(CNC(N)=O)c1. The Bertz CT molecular complexity index is 353. The van der Waals surface area contributed by atoms with E-state index in [4.69, 9.17) is 15.2 Å². The third kappa shape index (κ3) is 3.05. The molecule has 0 heterocycles. The van der Waals surface area contributed by atoms with Crippen LogP contribution in [0.4, 0.5) is 4.79 Å². The number of nitrogens with one attached hydrogen (secondary N) is 1. The molecule has 0 atom stereocenters. The van der Waals surface area contributed by atoms with Gasteiger partial charge < -0.3 is 20.5 Å². The molecule has 0 radical (unpaired) electrons. The number of hydrogen-bond donors (Lipinski definition) is 2. The van der Waals surface area contributed by atoms with Crippen LogP contribution in [0, 0.1) is 0 Å². The van der Waals surface area contributed by atoms with Crippen molar-refractivity contribution in [1.29, 1.82) is 0 Å². The molecule has 2 amide bonds. The van der Waals surface area contributed by atoms with Gasteiger partial charge in [0.15, 0.2) is 0 Å². The fraction of sp³-hybridized carbons (Fsp3) is 0.300. The van der Waals surface area contributed by atoms with Gasteiger partial charge in [0.2, 0.25) is 0 Å². The van der Waals surface area contributed by atoms with Crippen LogP contribution in [0.2, 0.25) is 0 Å². The number of carbonyl (C=O) groups is 1. The Morgan fingerprint density at radius 1 is 1.40 bits per heavy atom. The summed E-state index contributed by atoms with van der Waals surface area (Å²) >= 11 is 0. The van der Waals surface area contributed by atoms with E-state index in [1.54, 1.807) is 32.4 Å². The number of rotatable bonds is 4. The zero-order valence-corrected chi connectivity index (χ0v) is 8.74. The number of methoxy groups -OCH3 is 2. The maximum absolute atomic E-state index is 10.6. The zero-order valence-electron chi connectivity index (χ0n) is 8.74. The Hall–Kier alpha value is -1.91. The number of carbonyl (C=O) groups excluding carboxylic acids is 1. The maximum Gasteiger partial charge on any atom is 0.312 e. The molecule has 82 valence electrons. The van der Waals surface area contributed by atoms with Crippen molar-refractivity contribution in [2.24, 2.45) is 5.73 Å². The Morgan fingerprint density at radius 2 is 2.13 bits per heavy atom. The van der Waals surface area contributed by atoms with E-state index >= 15 is 0 Å². The van der Waals surface area contributed by atoms with Gasteiger partial charge in [-0.05, 0) is 18.2 Å². The van der Waals surface area contributed by atoms with Gasteiger partial charge in [0, 0.05) is 12.1 Å². The summed E-state index contributed by atoms with van der Waals surface area (Å²) in [6, 6.07) is 4.78. The largest absolute Gasteiger partial charge is 0.497 e. The third-order valence-corrected chi connectivity index (χ3v) is 1.94. The van der Waals surface area contributed by atoms with Crippen molar-refractivity contribution >= 4 is 6.03 Å². The maximum atomic E-state index is 10.6. The summed E-state index contributed by atoms with van der Waals surface area (Å²) < 4.78 is 10.2. The molecule has 15 heavy (non-hydrogen) atoms. The van der Waals surface area contributed by atoms with Gasteiger partial charge in [-0.3, -0.25) is 0 Å². The average molecular weight is 210 g/mol. The van der Waals surface area contributed by atoms with Crippen LogP contribution in [0.5, 0.6) is 11.5 Å². The first-order valence-electron chi connectivity index (χ1n) is 4.41. The first-order chi connectivity index (χ1) is 7.17. The highest BCUT2D eigenvalue weighted by atomic mass is 16.5. The molecule has 5 nitrogen and oxygen atoms in total. The molecule has 0 aliphatic rings. The predicted molar refractivity (Wildman–Crippen MR) is 56.0 cm³/mol. The lowest BCUT2D eigenvalue weighted by molar-refractivity contribution is 0.248. The van der Waals surface area contributed by atoms with E-state index in [1.807, 2.05) is 0 Å². The van der Waals surface area contributed by atoms with Crippen LogP contribution < -0.4 is 20.5 Å². The van der Waals surface area contributed by atoms with Crippen LogP contribution in [0.3, 0.4) is 0 Å². The van der Waals surface area contributed by atoms with E-state index in [1.165, 1.54) is 0 Å². The summed E-state index contributed by atoms with van der Waals surface area (Å²) in [4.78, 5) is 10.6. The fourth-order valence-corrected chi connectivity index (χ4v) is 1.20. The smallest absolute Gasteiger partial charge is 0.312 e. The Balaban J connectivity index is 2.85. The molecule has 0 saturated heterocycles. The van der Waals surface area contributed by atoms with Gasteiger partial charge in [-0.1, -0.05) is 0 Å². The molecule has 0 spiro atoms. The Kier molecular flexibility index (Phi) is 3.79. The van der Waals surface area contributed by atoms with Gasteiger partial charge >= 0.3 is 6.03 Å². The first kappa shape index (κ1) is 11.2. The van der Waals surface area contributed by atoms with E-state index in [0.29, 0.717) is 18.0 Å². The number of benzene rings is 1. The van der Waals surface area contributed by atoms with Gasteiger partial charge in [-0.2, -0.15) is 0 Å². The van der Waals surface area contributed by atoms with Crippen LogP contribution >= 0.6 is 0 Å². The van der Waals surface area contributed by atoms with Gasteiger partial charge in [-0.15, -0.1) is 0 Å². The quantitative estimate of drug-likeness (QED) is 0.774. The number of nitrogens with two attached hydrogens (primary N) is 1. The van der Waals surface area contributed by atoms with E-state index in [0.717, 1.165) is 5.56 Å². The molecule has 3 N–H and O–H groups in total. The monoisotopic (exact) mass is 210 g/mol. The summed E-state index contributed by atoms with van der Waals surface area (Å²) in [5, 5.41) is 2.49. The van der Waals surface area contributed by atoms with E-state index < -0.39 is 6.03 Å². The summed E-state index contributed by atoms with van der Waals surface area (Å²) in [7, 11) is 3.14. The molecule has 1 aromatic carbocycles. The second-order valence-electron chi connectivity index (χ2n) is 2.90. The molecule has 5 heteroatoms. The molecule has 0 aliphatic heterocycles. The highest BCUT2D eigenvalue weighted by Crippen LogP contribution is 2.23. The molecule has 1 rings (SSSR count). The molecule has 0 bridgehead atoms. The van der Waals surface area contributed by atoms with Crippen molar-refractivity contribution in [2.45, 2.75) is 6.54 Å². The van der Waals surface area contributed by atoms with E-state index in [-0.39, 0.29) is 0 Å². The highest BCUT2D eigenvalue weighted by molar-refractivity contribution is 5.71. The Labute approximate surface area is 88.2 Å². The zero-order chi connectivity index (χ0) is 11.3. The van der Waals surface area contributed by atoms with Crippen molar-refractivity contribution in [3.8, 4) is 11.5 Å². The number of ether oxygens (including phenoxy) is 2. The van der Waals surface area contributed by atoms with E-state index in [9.17, 15) is 4.79 Å². The van der Waals surface area contributed by atoms with Gasteiger partial charge in [-0.25, -0.2) is 4.79 Å². The molecule has 0 fully saturated rings. The highest BCUT2D eigenvalue weighted by Gasteiger charge is 2.05. The molecule has 0 unspecified atom stereocenters. The lowest BCUT2D eigenvalue weighted by Crippen LogP contribution is -2.28. The summed E-state index contributed by atoms with van der Waals surface area (Å²) in [5.74, 6) is 1.39. The number of primary amides is 1. The van der Waals surface area contributed by atoms with Crippen molar-refractivity contribution in [3.05, 3.63) is 23.8 Å². The topological polar surface area (TPSA) is 73.6 Å². The summed E-state index contributed by atoms with van der Waals surface area (Å²) in [6.45, 7) is 0.315. The molecular formula is C10H14N2O3. The van der Waals surface area contributed by atoms with Crippen LogP contribution in [0.1, 0.15) is 5.56 Å². The molecule has 0 aromatic heterocycles. The van der Waals surface area contributed by atoms with Crippen LogP contribution in [0.25, 0.3) is 0 Å². The molecular weight excluding hydrogens is 196 g/mol. The van der Waals surface area contributed by atoms with Gasteiger partial charge in [0.1, 0.15) is 11.5 Å². The van der Waals surface area contributed by atoms with Crippen LogP contribution in [0.15, 0.2) is 18.2 Å². The number of hydrogen-bond acceptors (Lipinski definition) is 3. The second kappa shape index (κ2) is 5.09. The number of urea groups is 1.